The smallest absolute Gasteiger partial charge is 0.336 e. The predicted octanol–water partition coefficient (Wildman–Crippen LogP) is 8.46. The summed E-state index contributed by atoms with van der Waals surface area (Å²) in [5, 5.41) is 11.5. The van der Waals surface area contributed by atoms with Gasteiger partial charge in [0.05, 0.1) is 12.5 Å². The molecule has 222 valence electrons. The molecule has 0 radical (unpaired) electrons. The van der Waals surface area contributed by atoms with Crippen molar-refractivity contribution in [3.05, 3.63) is 134 Å². The van der Waals surface area contributed by atoms with Crippen LogP contribution >= 0.6 is 34.8 Å². The van der Waals surface area contributed by atoms with Crippen LogP contribution < -0.4 is 24.7 Å². The summed E-state index contributed by atoms with van der Waals surface area (Å²) < 4.78 is 23.2. The summed E-state index contributed by atoms with van der Waals surface area (Å²) in [5.74, 6) is 0.400. The summed E-state index contributed by atoms with van der Waals surface area (Å²) in [7, 11) is 0. The molecular formula is C34H25Cl3N2O5. The lowest BCUT2D eigenvalue weighted by Crippen LogP contribution is -2.21. The molecular weight excluding hydrogens is 623 g/mol. The van der Waals surface area contributed by atoms with E-state index in [1.54, 1.807) is 54.6 Å². The van der Waals surface area contributed by atoms with Crippen molar-refractivity contribution in [2.45, 2.75) is 19.4 Å². The van der Waals surface area contributed by atoms with Gasteiger partial charge >= 0.3 is 5.97 Å². The van der Waals surface area contributed by atoms with Crippen molar-refractivity contribution in [2.75, 3.05) is 6.61 Å². The molecule has 1 heterocycles. The predicted molar refractivity (Wildman–Crippen MR) is 170 cm³/mol. The Kier molecular flexibility index (Phi) is 9.66. The Morgan fingerprint density at radius 3 is 2.45 bits per heavy atom. The second kappa shape index (κ2) is 13.8. The van der Waals surface area contributed by atoms with Crippen LogP contribution in [-0.4, -0.2) is 12.6 Å². The van der Waals surface area contributed by atoms with Gasteiger partial charge in [0.2, 0.25) is 5.88 Å². The van der Waals surface area contributed by atoms with Gasteiger partial charge in [0.15, 0.2) is 11.5 Å². The quantitative estimate of drug-likeness (QED) is 0.110. The Hall–Kier alpha value is -4.61. The van der Waals surface area contributed by atoms with Crippen molar-refractivity contribution < 1.29 is 23.7 Å². The molecule has 44 heavy (non-hydrogen) atoms. The first-order valence-corrected chi connectivity index (χ1v) is 14.6. The van der Waals surface area contributed by atoms with Crippen LogP contribution in [0.5, 0.6) is 23.0 Å². The van der Waals surface area contributed by atoms with E-state index in [1.165, 1.54) is 12.2 Å². The largest absolute Gasteiger partial charge is 0.490 e. The number of rotatable bonds is 9. The third-order valence-electron chi connectivity index (χ3n) is 6.68. The highest BCUT2D eigenvalue weighted by Gasteiger charge is 2.32. The molecule has 0 aromatic heterocycles. The highest BCUT2D eigenvalue weighted by molar-refractivity contribution is 6.35. The molecule has 0 saturated heterocycles. The van der Waals surface area contributed by atoms with E-state index in [-0.39, 0.29) is 17.2 Å². The van der Waals surface area contributed by atoms with E-state index in [1.807, 2.05) is 31.2 Å². The van der Waals surface area contributed by atoms with Crippen LogP contribution in [0.1, 0.15) is 35.1 Å². The van der Waals surface area contributed by atoms with Gasteiger partial charge in [-0.25, -0.2) is 4.79 Å². The van der Waals surface area contributed by atoms with Crippen molar-refractivity contribution in [1.82, 2.24) is 0 Å². The number of fused-ring (bicyclic) bond motifs is 1. The van der Waals surface area contributed by atoms with Crippen LogP contribution in [0.25, 0.3) is 6.08 Å². The van der Waals surface area contributed by atoms with Crippen LogP contribution in [0, 0.1) is 11.3 Å². The van der Waals surface area contributed by atoms with Gasteiger partial charge in [-0.1, -0.05) is 65.1 Å². The first kappa shape index (κ1) is 30.8. The molecule has 0 bridgehead atoms. The number of carbonyl (C=O) groups is 1. The summed E-state index contributed by atoms with van der Waals surface area (Å²) >= 11 is 18.1. The minimum atomic E-state index is -0.625. The van der Waals surface area contributed by atoms with Crippen LogP contribution in [-0.2, 0) is 11.4 Å². The Morgan fingerprint density at radius 1 is 0.955 bits per heavy atom. The van der Waals surface area contributed by atoms with Crippen LogP contribution in [0.3, 0.4) is 0 Å². The van der Waals surface area contributed by atoms with Gasteiger partial charge in [0, 0.05) is 32.8 Å². The van der Waals surface area contributed by atoms with E-state index in [4.69, 9.17) is 59.5 Å². The second-order valence-corrected chi connectivity index (χ2v) is 10.9. The van der Waals surface area contributed by atoms with E-state index < -0.39 is 11.9 Å². The van der Waals surface area contributed by atoms with Crippen molar-refractivity contribution >= 4 is 46.8 Å². The van der Waals surface area contributed by atoms with E-state index in [2.05, 4.69) is 6.07 Å². The van der Waals surface area contributed by atoms with Crippen LogP contribution in [0.15, 0.2) is 96.4 Å². The molecule has 4 aromatic rings. The molecule has 1 aliphatic heterocycles. The van der Waals surface area contributed by atoms with Gasteiger partial charge in [-0.05, 0) is 72.2 Å². The number of hydrogen-bond acceptors (Lipinski definition) is 7. The zero-order valence-corrected chi connectivity index (χ0v) is 25.6. The van der Waals surface area contributed by atoms with E-state index in [0.717, 1.165) is 11.1 Å². The van der Waals surface area contributed by atoms with Crippen molar-refractivity contribution in [1.29, 1.82) is 5.26 Å². The van der Waals surface area contributed by atoms with E-state index in [0.29, 0.717) is 56.7 Å². The summed E-state index contributed by atoms with van der Waals surface area (Å²) in [6, 6.07) is 24.9. The topological polar surface area (TPSA) is 104 Å². The summed E-state index contributed by atoms with van der Waals surface area (Å²) in [6.07, 6.45) is 2.79. The number of nitrogens with zero attached hydrogens (tertiary/aromatic N) is 1. The fourth-order valence-corrected chi connectivity index (χ4v) is 5.22. The Bertz CT molecular complexity index is 1810. The molecule has 2 N–H and O–H groups in total. The normalized spacial score (nSPS) is 14.0. The Labute approximate surface area is 269 Å². The average Bonchev–Trinajstić information content (AvgIpc) is 3.00. The molecule has 0 saturated carbocycles. The number of ether oxygens (including phenoxy) is 4. The molecule has 0 aliphatic carbocycles. The third kappa shape index (κ3) is 7.12. The van der Waals surface area contributed by atoms with Gasteiger partial charge in [0.25, 0.3) is 0 Å². The Balaban J connectivity index is 1.39. The first-order chi connectivity index (χ1) is 21.2. The van der Waals surface area contributed by atoms with Gasteiger partial charge in [-0.2, -0.15) is 5.26 Å². The third-order valence-corrected chi connectivity index (χ3v) is 7.49. The molecule has 10 heteroatoms. The molecule has 0 spiro atoms. The number of carbonyl (C=O) groups excluding carboxylic acids is 1. The molecule has 1 atom stereocenters. The van der Waals surface area contributed by atoms with Crippen LogP contribution in [0.4, 0.5) is 0 Å². The first-order valence-electron chi connectivity index (χ1n) is 13.5. The maximum atomic E-state index is 12.5. The lowest BCUT2D eigenvalue weighted by atomic mass is 9.83. The highest BCUT2D eigenvalue weighted by atomic mass is 35.5. The highest BCUT2D eigenvalue weighted by Crippen LogP contribution is 2.45. The maximum absolute atomic E-state index is 12.5. The molecule has 4 aromatic carbocycles. The second-order valence-electron chi connectivity index (χ2n) is 9.60. The number of nitriles is 1. The zero-order valence-electron chi connectivity index (χ0n) is 23.4. The zero-order chi connectivity index (χ0) is 31.2. The number of hydrogen-bond donors (Lipinski definition) is 1. The molecule has 1 aliphatic rings. The number of esters is 1. The maximum Gasteiger partial charge on any atom is 0.336 e. The minimum absolute atomic E-state index is 0.0493. The number of nitrogens with two attached hydrogens (primary N) is 1. The van der Waals surface area contributed by atoms with E-state index >= 15 is 0 Å². The van der Waals surface area contributed by atoms with Crippen molar-refractivity contribution in [3.8, 4) is 29.1 Å². The fourth-order valence-electron chi connectivity index (χ4n) is 4.62. The molecule has 5 rings (SSSR count). The van der Waals surface area contributed by atoms with Gasteiger partial charge in [-0.15, -0.1) is 0 Å². The standard InChI is InChI=1S/C34H25Cl3N2O5/c1-2-41-31-15-22(6-13-29(31)42-19-20-3-8-23(35)9-4-20)33-26-12-11-25(17-30(26)44-34(39)27(33)18-38)43-32(40)14-7-21-5-10-24(36)16-28(21)37/h3-17,33H,2,19,39H2,1H3/b14-7+. The number of benzene rings is 4. The lowest BCUT2D eigenvalue weighted by Gasteiger charge is -2.27. The summed E-state index contributed by atoms with van der Waals surface area (Å²) in [4.78, 5) is 12.5. The molecule has 7 nitrogen and oxygen atoms in total. The van der Waals surface area contributed by atoms with Gasteiger partial charge < -0.3 is 24.7 Å². The average molecular weight is 648 g/mol. The molecule has 0 fully saturated rings. The SMILES string of the molecule is CCOc1cc(C2C(C#N)=C(N)Oc3cc(OC(=O)/C=C/c4ccc(Cl)cc4Cl)ccc32)ccc1OCc1ccc(Cl)cc1. The number of halogens is 3. The number of allylic oxidation sites excluding steroid dienone is 1. The van der Waals surface area contributed by atoms with Crippen molar-refractivity contribution in [2.24, 2.45) is 5.73 Å². The van der Waals surface area contributed by atoms with Gasteiger partial charge in [0.1, 0.15) is 29.7 Å². The van der Waals surface area contributed by atoms with Crippen LogP contribution in [0.2, 0.25) is 15.1 Å². The van der Waals surface area contributed by atoms with E-state index in [9.17, 15) is 10.1 Å². The summed E-state index contributed by atoms with van der Waals surface area (Å²) in [6.45, 7) is 2.60. The minimum Gasteiger partial charge on any atom is -0.490 e. The fraction of sp³-hybridized carbons (Fsp3) is 0.118. The van der Waals surface area contributed by atoms with Gasteiger partial charge in [-0.3, -0.25) is 0 Å². The summed E-state index contributed by atoms with van der Waals surface area (Å²) in [5.41, 5.74) is 9.40. The molecule has 1 unspecified atom stereocenters. The molecule has 0 amide bonds. The monoisotopic (exact) mass is 646 g/mol. The lowest BCUT2D eigenvalue weighted by molar-refractivity contribution is -0.128. The van der Waals surface area contributed by atoms with Crippen molar-refractivity contribution in [3.63, 3.8) is 0 Å². The Morgan fingerprint density at radius 2 is 1.73 bits per heavy atom.